The second kappa shape index (κ2) is 8.70. The fourth-order valence-electron chi connectivity index (χ4n) is 1.80. The van der Waals surface area contributed by atoms with E-state index in [1.807, 2.05) is 17.7 Å². The van der Waals surface area contributed by atoms with E-state index in [0.717, 1.165) is 26.7 Å². The van der Waals surface area contributed by atoms with Crippen molar-refractivity contribution in [1.82, 2.24) is 20.0 Å². The standard InChI is InChI=1S/C14H21N5OS3/c1-5-9(3)19-11(7-8-15-19)16-12(20)10(4)22-14-18-17-13(23-14)21-6-2/h7-10H,5-6H2,1-4H3,(H,16,20)/t9-,10+/m0/s1. The Kier molecular flexibility index (Phi) is 6.91. The fraction of sp³-hybridized carbons (Fsp3) is 0.571. The highest BCUT2D eigenvalue weighted by Crippen LogP contribution is 2.31. The Bertz CT molecular complexity index is 642. The average Bonchev–Trinajstić information content (AvgIpc) is 3.16. The number of carbonyl (C=O) groups excluding carboxylic acids is 1. The predicted octanol–water partition coefficient (Wildman–Crippen LogP) is 3.94. The average molecular weight is 372 g/mol. The molecule has 0 aromatic carbocycles. The summed E-state index contributed by atoms with van der Waals surface area (Å²) in [5, 5.41) is 15.2. The van der Waals surface area contributed by atoms with E-state index < -0.39 is 0 Å². The van der Waals surface area contributed by atoms with Gasteiger partial charge in [0.05, 0.1) is 17.5 Å². The Morgan fingerprint density at radius 2 is 2.09 bits per heavy atom. The number of aromatic nitrogens is 4. The van der Waals surface area contributed by atoms with Crippen molar-refractivity contribution in [2.45, 2.75) is 54.1 Å². The summed E-state index contributed by atoms with van der Waals surface area (Å²) in [6.45, 7) is 8.13. The smallest absolute Gasteiger partial charge is 0.238 e. The van der Waals surface area contributed by atoms with Crippen LogP contribution in [-0.4, -0.2) is 36.9 Å². The van der Waals surface area contributed by atoms with Crippen molar-refractivity contribution in [1.29, 1.82) is 0 Å². The highest BCUT2D eigenvalue weighted by molar-refractivity contribution is 8.03. The van der Waals surface area contributed by atoms with Gasteiger partial charge >= 0.3 is 0 Å². The number of rotatable bonds is 8. The zero-order valence-electron chi connectivity index (χ0n) is 13.6. The maximum Gasteiger partial charge on any atom is 0.238 e. The molecule has 0 aliphatic rings. The molecule has 1 amide bonds. The van der Waals surface area contributed by atoms with Crippen LogP contribution in [0.2, 0.25) is 0 Å². The third kappa shape index (κ3) is 4.95. The number of carbonyl (C=O) groups is 1. The van der Waals surface area contributed by atoms with Gasteiger partial charge in [-0.3, -0.25) is 4.79 Å². The summed E-state index contributed by atoms with van der Waals surface area (Å²) in [5.74, 6) is 1.64. The van der Waals surface area contributed by atoms with Crippen molar-refractivity contribution in [3.05, 3.63) is 12.3 Å². The molecule has 0 fully saturated rings. The number of hydrogen-bond acceptors (Lipinski definition) is 7. The normalized spacial score (nSPS) is 13.7. The summed E-state index contributed by atoms with van der Waals surface area (Å²) in [5.41, 5.74) is 0. The monoisotopic (exact) mass is 371 g/mol. The van der Waals surface area contributed by atoms with Crippen molar-refractivity contribution < 1.29 is 4.79 Å². The van der Waals surface area contributed by atoms with Gasteiger partial charge < -0.3 is 5.32 Å². The third-order valence-corrected chi connectivity index (χ3v) is 6.36. The molecule has 126 valence electrons. The molecule has 2 aromatic heterocycles. The SMILES string of the molecule is CCSc1nnc(S[C@H](C)C(=O)Nc2ccnn2[C@@H](C)CC)s1. The number of thioether (sulfide) groups is 2. The van der Waals surface area contributed by atoms with Crippen molar-refractivity contribution in [3.63, 3.8) is 0 Å². The first-order chi connectivity index (χ1) is 11.0. The molecule has 6 nitrogen and oxygen atoms in total. The molecule has 0 radical (unpaired) electrons. The van der Waals surface area contributed by atoms with Crippen LogP contribution in [0.15, 0.2) is 20.9 Å². The van der Waals surface area contributed by atoms with E-state index in [1.165, 1.54) is 23.1 Å². The van der Waals surface area contributed by atoms with E-state index in [1.54, 1.807) is 18.0 Å². The first kappa shape index (κ1) is 18.3. The van der Waals surface area contributed by atoms with Gasteiger partial charge in [-0.15, -0.1) is 10.2 Å². The molecule has 0 aliphatic heterocycles. The van der Waals surface area contributed by atoms with Crippen molar-refractivity contribution in [2.24, 2.45) is 0 Å². The van der Waals surface area contributed by atoms with E-state index in [4.69, 9.17) is 0 Å². The quantitative estimate of drug-likeness (QED) is 0.709. The maximum atomic E-state index is 12.4. The Labute approximate surface area is 148 Å². The zero-order chi connectivity index (χ0) is 16.8. The van der Waals surface area contributed by atoms with Crippen LogP contribution in [-0.2, 0) is 4.79 Å². The predicted molar refractivity (Wildman–Crippen MR) is 97.5 cm³/mol. The maximum absolute atomic E-state index is 12.4. The molecule has 9 heteroatoms. The largest absolute Gasteiger partial charge is 0.310 e. The van der Waals surface area contributed by atoms with Gasteiger partial charge in [0, 0.05) is 6.07 Å². The minimum Gasteiger partial charge on any atom is -0.310 e. The second-order valence-electron chi connectivity index (χ2n) is 4.93. The molecule has 2 heterocycles. The fourth-order valence-corrected chi connectivity index (χ4v) is 4.86. The molecule has 0 bridgehead atoms. The molecule has 2 aromatic rings. The Morgan fingerprint density at radius 3 is 2.78 bits per heavy atom. The van der Waals surface area contributed by atoms with Gasteiger partial charge in [-0.1, -0.05) is 48.7 Å². The molecular formula is C14H21N5OS3. The van der Waals surface area contributed by atoms with E-state index in [-0.39, 0.29) is 17.2 Å². The van der Waals surface area contributed by atoms with Crippen LogP contribution >= 0.6 is 34.9 Å². The molecule has 2 atom stereocenters. The molecule has 23 heavy (non-hydrogen) atoms. The summed E-state index contributed by atoms with van der Waals surface area (Å²) in [6.07, 6.45) is 2.66. The van der Waals surface area contributed by atoms with Crippen LogP contribution in [0.4, 0.5) is 5.82 Å². The Hall–Kier alpha value is -1.06. The zero-order valence-corrected chi connectivity index (χ0v) is 16.1. The lowest BCUT2D eigenvalue weighted by molar-refractivity contribution is -0.115. The van der Waals surface area contributed by atoms with Crippen LogP contribution in [0.25, 0.3) is 0 Å². The number of anilines is 1. The number of hydrogen-bond donors (Lipinski definition) is 1. The third-order valence-electron chi connectivity index (χ3n) is 3.23. The Morgan fingerprint density at radius 1 is 1.35 bits per heavy atom. The van der Waals surface area contributed by atoms with Crippen molar-refractivity contribution in [2.75, 3.05) is 11.1 Å². The van der Waals surface area contributed by atoms with Gasteiger partial charge in [0.2, 0.25) is 5.91 Å². The highest BCUT2D eigenvalue weighted by Gasteiger charge is 2.19. The molecular weight excluding hydrogens is 350 g/mol. The lowest BCUT2D eigenvalue weighted by atomic mass is 10.3. The second-order valence-corrected chi connectivity index (χ2v) is 9.01. The number of nitrogens with one attached hydrogen (secondary N) is 1. The number of amides is 1. The van der Waals surface area contributed by atoms with E-state index in [0.29, 0.717) is 0 Å². The highest BCUT2D eigenvalue weighted by atomic mass is 32.2. The summed E-state index contributed by atoms with van der Waals surface area (Å²) in [4.78, 5) is 12.4. The van der Waals surface area contributed by atoms with Gasteiger partial charge in [0.1, 0.15) is 5.82 Å². The van der Waals surface area contributed by atoms with Gasteiger partial charge in [0.15, 0.2) is 8.68 Å². The lowest BCUT2D eigenvalue weighted by Crippen LogP contribution is -2.24. The summed E-state index contributed by atoms with van der Waals surface area (Å²) in [6, 6.07) is 2.07. The first-order valence-corrected chi connectivity index (χ1v) is 10.2. The molecule has 0 aliphatic carbocycles. The minimum atomic E-state index is -0.247. The summed E-state index contributed by atoms with van der Waals surface area (Å²) < 4.78 is 3.60. The van der Waals surface area contributed by atoms with Crippen LogP contribution in [0.3, 0.4) is 0 Å². The van der Waals surface area contributed by atoms with E-state index >= 15 is 0 Å². The van der Waals surface area contributed by atoms with Gasteiger partial charge in [-0.2, -0.15) is 5.10 Å². The van der Waals surface area contributed by atoms with Crippen molar-refractivity contribution >= 4 is 46.6 Å². The Balaban J connectivity index is 1.96. The molecule has 1 N–H and O–H groups in total. The van der Waals surface area contributed by atoms with E-state index in [9.17, 15) is 4.79 Å². The number of nitrogens with zero attached hydrogens (tertiary/aromatic N) is 4. The minimum absolute atomic E-state index is 0.0556. The molecule has 2 rings (SSSR count). The molecule has 0 saturated heterocycles. The molecule has 0 spiro atoms. The van der Waals surface area contributed by atoms with Gasteiger partial charge in [-0.25, -0.2) is 4.68 Å². The topological polar surface area (TPSA) is 72.7 Å². The van der Waals surface area contributed by atoms with Crippen LogP contribution in [0, 0.1) is 0 Å². The molecule has 0 unspecified atom stereocenters. The summed E-state index contributed by atoms with van der Waals surface area (Å²) >= 11 is 4.62. The van der Waals surface area contributed by atoms with Gasteiger partial charge in [0.25, 0.3) is 0 Å². The van der Waals surface area contributed by atoms with Gasteiger partial charge in [-0.05, 0) is 26.0 Å². The molecule has 0 saturated carbocycles. The van der Waals surface area contributed by atoms with E-state index in [2.05, 4.69) is 41.4 Å². The van der Waals surface area contributed by atoms with Crippen LogP contribution in [0.1, 0.15) is 40.2 Å². The van der Waals surface area contributed by atoms with Crippen LogP contribution < -0.4 is 5.32 Å². The van der Waals surface area contributed by atoms with Crippen LogP contribution in [0.5, 0.6) is 0 Å². The summed E-state index contributed by atoms with van der Waals surface area (Å²) in [7, 11) is 0. The first-order valence-electron chi connectivity index (χ1n) is 7.52. The van der Waals surface area contributed by atoms with Crippen molar-refractivity contribution in [3.8, 4) is 0 Å². The lowest BCUT2D eigenvalue weighted by Gasteiger charge is -2.15.